The molecule has 0 saturated heterocycles. The van der Waals surface area contributed by atoms with Crippen molar-refractivity contribution in [3.8, 4) is 17.2 Å². The lowest BCUT2D eigenvalue weighted by Gasteiger charge is -2.37. The average Bonchev–Trinajstić information content (AvgIpc) is 2.98. The predicted molar refractivity (Wildman–Crippen MR) is 163 cm³/mol. The molecule has 2 atom stereocenters. The van der Waals surface area contributed by atoms with E-state index in [2.05, 4.69) is 64.1 Å². The Balaban J connectivity index is 1.22. The van der Waals surface area contributed by atoms with Crippen LogP contribution in [0.5, 0.6) is 17.2 Å². The summed E-state index contributed by atoms with van der Waals surface area (Å²) >= 11 is 0. The van der Waals surface area contributed by atoms with E-state index in [0.717, 1.165) is 68.7 Å². The minimum Gasteiger partial charge on any atom is -0.497 e. The normalized spacial score (nSPS) is 16.9. The van der Waals surface area contributed by atoms with Crippen LogP contribution in [0.3, 0.4) is 0 Å². The number of esters is 1. The van der Waals surface area contributed by atoms with Gasteiger partial charge in [-0.3, -0.25) is 4.79 Å². The third kappa shape index (κ3) is 6.19. The first kappa shape index (κ1) is 28.5. The van der Waals surface area contributed by atoms with Gasteiger partial charge in [0.2, 0.25) is 0 Å². The summed E-state index contributed by atoms with van der Waals surface area (Å²) in [6.45, 7) is 11.2. The van der Waals surface area contributed by atoms with Crippen LogP contribution in [0.15, 0.2) is 66.7 Å². The highest BCUT2D eigenvalue weighted by Gasteiger charge is 2.37. The zero-order valence-electron chi connectivity index (χ0n) is 25.0. The Bertz CT molecular complexity index is 1560. The smallest absolute Gasteiger partial charge is 0.309 e. The van der Waals surface area contributed by atoms with Crippen molar-refractivity contribution in [3.63, 3.8) is 0 Å². The van der Waals surface area contributed by atoms with Gasteiger partial charge >= 0.3 is 5.97 Å². The molecule has 1 aliphatic heterocycles. The number of carbonyl (C=O) groups is 1. The number of rotatable bonds is 9. The molecular formula is C36H40O5. The van der Waals surface area contributed by atoms with Crippen LogP contribution in [0.1, 0.15) is 66.0 Å². The van der Waals surface area contributed by atoms with Gasteiger partial charge < -0.3 is 18.9 Å². The zero-order chi connectivity index (χ0) is 29.1. The van der Waals surface area contributed by atoms with E-state index in [4.69, 9.17) is 18.9 Å². The van der Waals surface area contributed by atoms with Crippen LogP contribution in [-0.4, -0.2) is 25.3 Å². The molecule has 0 N–H and O–H groups in total. The molecule has 1 unspecified atom stereocenters. The van der Waals surface area contributed by atoms with E-state index in [1.165, 1.54) is 5.56 Å². The standard InChI is InChI=1S/C36H40O5/c1-23(28-12-13-30-19-31(38-6)15-14-29(30)18-28)21-39-33(37)20-36(5)17-16-32-26(4)34(24(2)25(3)35(32)41-36)40-22-27-10-8-7-9-11-27/h7-15,18-19,23H,16-17,20-22H2,1-6H3/t23-,36?/m1/s1. The first-order chi connectivity index (χ1) is 19.7. The van der Waals surface area contributed by atoms with E-state index >= 15 is 0 Å². The summed E-state index contributed by atoms with van der Waals surface area (Å²) in [5, 5.41) is 2.26. The van der Waals surface area contributed by atoms with Crippen molar-refractivity contribution in [2.75, 3.05) is 13.7 Å². The van der Waals surface area contributed by atoms with E-state index in [0.29, 0.717) is 13.2 Å². The molecule has 5 rings (SSSR count). The Morgan fingerprint density at radius 3 is 2.44 bits per heavy atom. The van der Waals surface area contributed by atoms with E-state index in [-0.39, 0.29) is 18.3 Å². The number of carbonyl (C=O) groups excluding carboxylic acids is 1. The lowest BCUT2D eigenvalue weighted by Crippen LogP contribution is -2.39. The minimum absolute atomic E-state index is 0.0770. The lowest BCUT2D eigenvalue weighted by atomic mass is 9.85. The molecule has 0 bridgehead atoms. The minimum atomic E-state index is -0.620. The molecule has 1 heterocycles. The number of ether oxygens (including phenoxy) is 4. The Labute approximate surface area is 243 Å². The Kier molecular flexibility index (Phi) is 8.25. The summed E-state index contributed by atoms with van der Waals surface area (Å²) in [5.41, 5.74) is 6.08. The van der Waals surface area contributed by atoms with Crippen molar-refractivity contribution < 1.29 is 23.7 Å². The highest BCUT2D eigenvalue weighted by molar-refractivity contribution is 5.84. The van der Waals surface area contributed by atoms with E-state index in [1.54, 1.807) is 7.11 Å². The summed E-state index contributed by atoms with van der Waals surface area (Å²) in [6, 6.07) is 22.6. The van der Waals surface area contributed by atoms with Crippen LogP contribution in [0.2, 0.25) is 0 Å². The van der Waals surface area contributed by atoms with Gasteiger partial charge in [-0.2, -0.15) is 0 Å². The number of methoxy groups -OCH3 is 1. The second kappa shape index (κ2) is 11.9. The largest absolute Gasteiger partial charge is 0.497 e. The van der Waals surface area contributed by atoms with E-state index < -0.39 is 5.60 Å². The van der Waals surface area contributed by atoms with Gasteiger partial charge in [-0.1, -0.05) is 61.5 Å². The molecular weight excluding hydrogens is 512 g/mol. The van der Waals surface area contributed by atoms with Gasteiger partial charge in [0.05, 0.1) is 20.1 Å². The fourth-order valence-electron chi connectivity index (χ4n) is 5.70. The monoisotopic (exact) mass is 552 g/mol. The molecule has 5 nitrogen and oxygen atoms in total. The highest BCUT2D eigenvalue weighted by atomic mass is 16.5. The topological polar surface area (TPSA) is 54.0 Å². The molecule has 0 aromatic heterocycles. The first-order valence-corrected chi connectivity index (χ1v) is 14.4. The third-order valence-corrected chi connectivity index (χ3v) is 8.44. The lowest BCUT2D eigenvalue weighted by molar-refractivity contribution is -0.148. The number of fused-ring (bicyclic) bond motifs is 2. The van der Waals surface area contributed by atoms with Gasteiger partial charge in [-0.15, -0.1) is 0 Å². The van der Waals surface area contributed by atoms with Crippen molar-refractivity contribution in [1.29, 1.82) is 0 Å². The second-order valence-electron chi connectivity index (χ2n) is 11.6. The summed E-state index contributed by atoms with van der Waals surface area (Å²) in [6.07, 6.45) is 1.77. The van der Waals surface area contributed by atoms with E-state index in [1.807, 2.05) is 37.3 Å². The van der Waals surface area contributed by atoms with Crippen molar-refractivity contribution in [1.82, 2.24) is 0 Å². The van der Waals surface area contributed by atoms with Gasteiger partial charge in [0.1, 0.15) is 29.5 Å². The first-order valence-electron chi connectivity index (χ1n) is 14.4. The Hall–Kier alpha value is -3.99. The Morgan fingerprint density at radius 1 is 0.951 bits per heavy atom. The van der Waals surface area contributed by atoms with Gasteiger partial charge in [-0.25, -0.2) is 0 Å². The molecule has 5 heteroatoms. The molecule has 41 heavy (non-hydrogen) atoms. The molecule has 0 fully saturated rings. The quantitative estimate of drug-likeness (QED) is 0.196. The maximum absolute atomic E-state index is 13.0. The molecule has 0 aliphatic carbocycles. The van der Waals surface area contributed by atoms with Crippen molar-refractivity contribution in [2.24, 2.45) is 0 Å². The van der Waals surface area contributed by atoms with Gasteiger partial charge in [0.15, 0.2) is 0 Å². The van der Waals surface area contributed by atoms with Crippen molar-refractivity contribution >= 4 is 16.7 Å². The van der Waals surface area contributed by atoms with Gasteiger partial charge in [0.25, 0.3) is 0 Å². The molecule has 4 aromatic rings. The molecule has 0 amide bonds. The molecule has 214 valence electrons. The van der Waals surface area contributed by atoms with Crippen LogP contribution in [-0.2, 0) is 22.6 Å². The molecule has 0 spiro atoms. The van der Waals surface area contributed by atoms with Crippen molar-refractivity contribution in [3.05, 3.63) is 100 Å². The van der Waals surface area contributed by atoms with Crippen LogP contribution in [0.25, 0.3) is 10.8 Å². The van der Waals surface area contributed by atoms with Gasteiger partial charge in [-0.05, 0) is 91.3 Å². The van der Waals surface area contributed by atoms with Gasteiger partial charge in [0, 0.05) is 11.5 Å². The summed E-state index contributed by atoms with van der Waals surface area (Å²) in [7, 11) is 1.67. The fraction of sp³-hybridized carbons (Fsp3) is 0.361. The predicted octanol–water partition coefficient (Wildman–Crippen LogP) is 8.17. The number of hydrogen-bond donors (Lipinski definition) is 0. The Morgan fingerprint density at radius 2 is 1.68 bits per heavy atom. The summed E-state index contributed by atoms with van der Waals surface area (Å²) < 4.78 is 24.0. The van der Waals surface area contributed by atoms with Crippen LogP contribution in [0.4, 0.5) is 0 Å². The number of benzene rings is 4. The summed E-state index contributed by atoms with van der Waals surface area (Å²) in [5.74, 6) is 2.49. The van der Waals surface area contributed by atoms with E-state index in [9.17, 15) is 4.79 Å². The summed E-state index contributed by atoms with van der Waals surface area (Å²) in [4.78, 5) is 13.0. The van der Waals surface area contributed by atoms with Crippen LogP contribution < -0.4 is 14.2 Å². The fourth-order valence-corrected chi connectivity index (χ4v) is 5.70. The molecule has 0 saturated carbocycles. The third-order valence-electron chi connectivity index (χ3n) is 8.44. The van der Waals surface area contributed by atoms with Crippen LogP contribution >= 0.6 is 0 Å². The maximum atomic E-state index is 13.0. The number of hydrogen-bond acceptors (Lipinski definition) is 5. The molecule has 4 aromatic carbocycles. The SMILES string of the molecule is COc1ccc2cc([C@H](C)COC(=O)CC3(C)CCc4c(C)c(OCc5ccccc5)c(C)c(C)c4O3)ccc2c1. The zero-order valence-corrected chi connectivity index (χ0v) is 25.0. The molecule has 0 radical (unpaired) electrons. The van der Waals surface area contributed by atoms with Crippen LogP contribution in [0, 0.1) is 20.8 Å². The second-order valence-corrected chi connectivity index (χ2v) is 11.6. The van der Waals surface area contributed by atoms with Crippen molar-refractivity contribution in [2.45, 2.75) is 72.0 Å². The molecule has 1 aliphatic rings. The highest BCUT2D eigenvalue weighted by Crippen LogP contribution is 2.44. The maximum Gasteiger partial charge on any atom is 0.309 e. The average molecular weight is 553 g/mol.